The molecule has 3 amide bonds. The van der Waals surface area contributed by atoms with Crippen molar-refractivity contribution in [3.8, 4) is 0 Å². The second-order valence-electron chi connectivity index (χ2n) is 6.63. The first kappa shape index (κ1) is 22.4. The van der Waals surface area contributed by atoms with Crippen LogP contribution in [0.4, 0.5) is 5.69 Å². The molecular weight excluding hydrogens is 392 g/mol. The van der Waals surface area contributed by atoms with Gasteiger partial charge in [0.2, 0.25) is 11.8 Å². The molecule has 0 radical (unpaired) electrons. The number of hydrogen-bond donors (Lipinski definition) is 2. The first-order valence-electron chi connectivity index (χ1n) is 9.34. The Kier molecular flexibility index (Phi) is 8.18. The largest absolute Gasteiger partial charge is 0.337 e. The molecule has 1 aliphatic heterocycles. The van der Waals surface area contributed by atoms with Crippen LogP contribution in [-0.2, 0) is 16.0 Å². The van der Waals surface area contributed by atoms with E-state index in [0.29, 0.717) is 30.9 Å². The Morgan fingerprint density at radius 3 is 2.34 bits per heavy atom. The van der Waals surface area contributed by atoms with Gasteiger partial charge in [-0.05, 0) is 36.2 Å². The van der Waals surface area contributed by atoms with E-state index >= 15 is 0 Å². The fraction of sp³-hybridized carbons (Fsp3) is 0.286. The van der Waals surface area contributed by atoms with Gasteiger partial charge >= 0.3 is 0 Å². The zero-order valence-corrected chi connectivity index (χ0v) is 16.9. The smallest absolute Gasteiger partial charge is 0.253 e. The molecule has 0 spiro atoms. The maximum atomic E-state index is 12.9. The third-order valence-corrected chi connectivity index (χ3v) is 4.62. The number of anilines is 1. The summed E-state index contributed by atoms with van der Waals surface area (Å²) in [7, 11) is 0. The molecule has 0 bridgehead atoms. The van der Waals surface area contributed by atoms with Crippen molar-refractivity contribution >= 4 is 35.8 Å². The highest BCUT2D eigenvalue weighted by atomic mass is 35.5. The SMILES string of the molecule is Cl.NCCN(CCc1ccccc1)C(=O)c1ccc(N2NC(=O)CCC2=O)cc1. The molecule has 154 valence electrons. The number of carbonyl (C=O) groups is 3. The van der Waals surface area contributed by atoms with Crippen molar-refractivity contribution in [2.24, 2.45) is 5.73 Å². The van der Waals surface area contributed by atoms with Gasteiger partial charge in [-0.3, -0.25) is 19.8 Å². The van der Waals surface area contributed by atoms with Crippen molar-refractivity contribution in [1.82, 2.24) is 10.3 Å². The van der Waals surface area contributed by atoms with Crippen LogP contribution in [0.15, 0.2) is 54.6 Å². The molecule has 1 heterocycles. The van der Waals surface area contributed by atoms with Crippen molar-refractivity contribution in [1.29, 1.82) is 0 Å². The molecule has 0 unspecified atom stereocenters. The molecule has 29 heavy (non-hydrogen) atoms. The van der Waals surface area contributed by atoms with Crippen molar-refractivity contribution in [2.45, 2.75) is 19.3 Å². The van der Waals surface area contributed by atoms with Gasteiger partial charge in [0.15, 0.2) is 0 Å². The summed E-state index contributed by atoms with van der Waals surface area (Å²) in [6, 6.07) is 16.6. The Morgan fingerprint density at radius 2 is 1.69 bits per heavy atom. The number of amides is 3. The summed E-state index contributed by atoms with van der Waals surface area (Å²) >= 11 is 0. The number of carbonyl (C=O) groups excluding carboxylic acids is 3. The molecule has 1 fully saturated rings. The number of nitrogens with one attached hydrogen (secondary N) is 1. The van der Waals surface area contributed by atoms with Gasteiger partial charge in [0, 0.05) is 38.0 Å². The molecule has 0 saturated carbocycles. The average molecular weight is 417 g/mol. The zero-order chi connectivity index (χ0) is 19.9. The average Bonchev–Trinajstić information content (AvgIpc) is 2.73. The van der Waals surface area contributed by atoms with Crippen LogP contribution in [0.2, 0.25) is 0 Å². The molecule has 0 aromatic heterocycles. The minimum atomic E-state index is -0.199. The summed E-state index contributed by atoms with van der Waals surface area (Å²) in [6.07, 6.45) is 1.12. The molecule has 8 heteroatoms. The third kappa shape index (κ3) is 5.79. The molecule has 2 aromatic carbocycles. The van der Waals surface area contributed by atoms with Crippen LogP contribution >= 0.6 is 12.4 Å². The minimum absolute atomic E-state index is 0. The van der Waals surface area contributed by atoms with Gasteiger partial charge in [-0.15, -0.1) is 12.4 Å². The van der Waals surface area contributed by atoms with E-state index in [0.717, 1.165) is 12.0 Å². The first-order valence-corrected chi connectivity index (χ1v) is 9.34. The van der Waals surface area contributed by atoms with Crippen LogP contribution in [0.1, 0.15) is 28.8 Å². The minimum Gasteiger partial charge on any atom is -0.337 e. The van der Waals surface area contributed by atoms with Gasteiger partial charge in [-0.1, -0.05) is 30.3 Å². The van der Waals surface area contributed by atoms with Crippen LogP contribution in [0.3, 0.4) is 0 Å². The van der Waals surface area contributed by atoms with Crippen molar-refractivity contribution in [3.63, 3.8) is 0 Å². The normalized spacial score (nSPS) is 13.5. The fourth-order valence-corrected chi connectivity index (χ4v) is 3.10. The van der Waals surface area contributed by atoms with E-state index in [-0.39, 0.29) is 43.0 Å². The Morgan fingerprint density at radius 1 is 1.00 bits per heavy atom. The highest BCUT2D eigenvalue weighted by Gasteiger charge is 2.24. The monoisotopic (exact) mass is 416 g/mol. The maximum absolute atomic E-state index is 12.9. The highest BCUT2D eigenvalue weighted by Crippen LogP contribution is 2.18. The Hall–Kier alpha value is -2.90. The lowest BCUT2D eigenvalue weighted by atomic mass is 10.1. The first-order chi connectivity index (χ1) is 13.6. The van der Waals surface area contributed by atoms with E-state index < -0.39 is 0 Å². The predicted octanol–water partition coefficient (Wildman–Crippen LogP) is 1.91. The lowest BCUT2D eigenvalue weighted by Crippen LogP contribution is -2.50. The maximum Gasteiger partial charge on any atom is 0.253 e. The van der Waals surface area contributed by atoms with Gasteiger partial charge in [0.1, 0.15) is 0 Å². The van der Waals surface area contributed by atoms with E-state index in [9.17, 15) is 14.4 Å². The van der Waals surface area contributed by atoms with Gasteiger partial charge in [0.25, 0.3) is 5.91 Å². The number of nitrogens with zero attached hydrogens (tertiary/aromatic N) is 2. The summed E-state index contributed by atoms with van der Waals surface area (Å²) < 4.78 is 0. The Bertz CT molecular complexity index is 843. The molecule has 2 aromatic rings. The summed E-state index contributed by atoms with van der Waals surface area (Å²) in [5, 5.41) is 1.23. The highest BCUT2D eigenvalue weighted by molar-refractivity contribution is 6.01. The lowest BCUT2D eigenvalue weighted by Gasteiger charge is -2.27. The van der Waals surface area contributed by atoms with E-state index in [1.54, 1.807) is 29.2 Å². The van der Waals surface area contributed by atoms with Gasteiger partial charge in [0.05, 0.1) is 5.69 Å². The third-order valence-electron chi connectivity index (χ3n) is 4.62. The summed E-state index contributed by atoms with van der Waals surface area (Å²) in [6.45, 7) is 1.42. The molecule has 3 N–H and O–H groups in total. The molecule has 0 atom stereocenters. The van der Waals surface area contributed by atoms with Crippen molar-refractivity contribution in [3.05, 3.63) is 65.7 Å². The van der Waals surface area contributed by atoms with Crippen LogP contribution in [0.25, 0.3) is 0 Å². The molecular formula is C21H25ClN4O3. The number of hydrazine groups is 1. The molecule has 1 saturated heterocycles. The number of benzene rings is 2. The quantitative estimate of drug-likeness (QED) is 0.720. The standard InChI is InChI=1S/C21H24N4O3.ClH/c22-13-15-24(14-12-16-4-2-1-3-5-16)21(28)17-6-8-18(9-7-17)25-20(27)11-10-19(26)23-25;/h1-9H,10-15,22H2,(H,23,26);1H. The van der Waals surface area contributed by atoms with Crippen LogP contribution in [0, 0.1) is 0 Å². The molecule has 0 aliphatic carbocycles. The molecule has 7 nitrogen and oxygen atoms in total. The summed E-state index contributed by atoms with van der Waals surface area (Å²) in [5.41, 5.74) is 10.4. The van der Waals surface area contributed by atoms with Gasteiger partial charge < -0.3 is 10.6 Å². The second kappa shape index (κ2) is 10.6. The fourth-order valence-electron chi connectivity index (χ4n) is 3.10. The van der Waals surface area contributed by atoms with E-state index in [4.69, 9.17) is 5.73 Å². The van der Waals surface area contributed by atoms with E-state index in [1.165, 1.54) is 5.01 Å². The van der Waals surface area contributed by atoms with E-state index in [1.807, 2.05) is 30.3 Å². The van der Waals surface area contributed by atoms with Gasteiger partial charge in [-0.25, -0.2) is 5.01 Å². The van der Waals surface area contributed by atoms with Crippen molar-refractivity contribution < 1.29 is 14.4 Å². The number of nitrogens with two attached hydrogens (primary N) is 1. The van der Waals surface area contributed by atoms with Crippen LogP contribution in [0.5, 0.6) is 0 Å². The number of hydrogen-bond acceptors (Lipinski definition) is 4. The summed E-state index contributed by atoms with van der Waals surface area (Å²) in [5.74, 6) is -0.483. The predicted molar refractivity (Wildman–Crippen MR) is 114 cm³/mol. The summed E-state index contributed by atoms with van der Waals surface area (Å²) in [4.78, 5) is 38.1. The number of halogens is 1. The lowest BCUT2D eigenvalue weighted by molar-refractivity contribution is -0.130. The topological polar surface area (TPSA) is 95.7 Å². The van der Waals surface area contributed by atoms with Crippen molar-refractivity contribution in [2.75, 3.05) is 24.6 Å². The van der Waals surface area contributed by atoms with Gasteiger partial charge in [-0.2, -0.15) is 0 Å². The molecule has 1 aliphatic rings. The molecule has 3 rings (SSSR count). The zero-order valence-electron chi connectivity index (χ0n) is 16.0. The Labute approximate surface area is 176 Å². The number of rotatable bonds is 7. The van der Waals surface area contributed by atoms with Crippen LogP contribution < -0.4 is 16.2 Å². The Balaban J connectivity index is 0.00000300. The van der Waals surface area contributed by atoms with E-state index in [2.05, 4.69) is 5.43 Å². The van der Waals surface area contributed by atoms with Crippen LogP contribution in [-0.4, -0.2) is 42.3 Å². The second-order valence-corrected chi connectivity index (χ2v) is 6.63.